The monoisotopic (exact) mass is 369 g/mol. The molecule has 1 aliphatic carbocycles. The molecule has 0 spiro atoms. The van der Waals surface area contributed by atoms with E-state index in [4.69, 9.17) is 0 Å². The first-order valence-electron chi connectivity index (χ1n) is 9.45. The Balaban J connectivity index is 1.51. The summed E-state index contributed by atoms with van der Waals surface area (Å²) < 4.78 is 0. The SMILES string of the molecule is CSc1ncc(CN2C[C@@H]3CCC[C@](O)(c4ccc(C)cc4)[C@H]3C2)cn1. The third-order valence-corrected chi connectivity index (χ3v) is 6.66. The molecular weight excluding hydrogens is 342 g/mol. The third kappa shape index (κ3) is 3.40. The summed E-state index contributed by atoms with van der Waals surface area (Å²) in [5, 5.41) is 12.4. The zero-order valence-electron chi connectivity index (χ0n) is 15.6. The highest BCUT2D eigenvalue weighted by Crippen LogP contribution is 2.48. The molecule has 1 aromatic heterocycles. The van der Waals surface area contributed by atoms with Crippen LogP contribution in [-0.2, 0) is 12.1 Å². The van der Waals surface area contributed by atoms with Crippen molar-refractivity contribution in [1.29, 1.82) is 0 Å². The first-order valence-corrected chi connectivity index (χ1v) is 10.7. The molecule has 0 unspecified atom stereocenters. The fourth-order valence-corrected chi connectivity index (χ4v) is 5.05. The maximum absolute atomic E-state index is 11.6. The fraction of sp³-hybridized carbons (Fsp3) is 0.524. The molecule has 26 heavy (non-hydrogen) atoms. The van der Waals surface area contributed by atoms with Gasteiger partial charge in [-0.25, -0.2) is 9.97 Å². The van der Waals surface area contributed by atoms with Crippen molar-refractivity contribution < 1.29 is 5.11 Å². The van der Waals surface area contributed by atoms with E-state index in [1.807, 2.05) is 18.6 Å². The Kier molecular flexibility index (Phi) is 5.04. The van der Waals surface area contributed by atoms with Gasteiger partial charge in [0.2, 0.25) is 0 Å². The van der Waals surface area contributed by atoms with Gasteiger partial charge in [0.05, 0.1) is 5.60 Å². The number of aryl methyl sites for hydroxylation is 1. The Morgan fingerprint density at radius 2 is 1.92 bits per heavy atom. The second kappa shape index (κ2) is 7.29. The molecule has 138 valence electrons. The quantitative estimate of drug-likeness (QED) is 0.659. The molecule has 0 amide bonds. The van der Waals surface area contributed by atoms with Gasteiger partial charge in [-0.3, -0.25) is 4.90 Å². The summed E-state index contributed by atoms with van der Waals surface area (Å²) in [7, 11) is 0. The lowest BCUT2D eigenvalue weighted by Crippen LogP contribution is -2.42. The van der Waals surface area contributed by atoms with Crippen LogP contribution in [0.15, 0.2) is 41.8 Å². The maximum atomic E-state index is 11.6. The average molecular weight is 370 g/mol. The van der Waals surface area contributed by atoms with Crippen LogP contribution in [0.4, 0.5) is 0 Å². The highest BCUT2D eigenvalue weighted by atomic mass is 32.2. The summed E-state index contributed by atoms with van der Waals surface area (Å²) in [4.78, 5) is 11.2. The summed E-state index contributed by atoms with van der Waals surface area (Å²) >= 11 is 1.57. The molecule has 2 heterocycles. The van der Waals surface area contributed by atoms with Crippen LogP contribution in [-0.4, -0.2) is 39.3 Å². The standard InChI is InChI=1S/C21H27N3OS/c1-15-5-7-18(8-6-15)21(25)9-3-4-17-13-24(14-19(17)21)12-16-10-22-20(26-2)23-11-16/h5-8,10-11,17,19,25H,3-4,9,12-14H2,1-2H3/t17-,19-,21-/m0/s1. The number of thioether (sulfide) groups is 1. The molecule has 0 radical (unpaired) electrons. The summed E-state index contributed by atoms with van der Waals surface area (Å²) in [6.07, 6.45) is 9.06. The van der Waals surface area contributed by atoms with Crippen LogP contribution in [0, 0.1) is 18.8 Å². The largest absolute Gasteiger partial charge is 0.385 e. The Morgan fingerprint density at radius 1 is 1.19 bits per heavy atom. The van der Waals surface area contributed by atoms with Crippen molar-refractivity contribution in [2.45, 2.75) is 43.5 Å². The molecular formula is C21H27N3OS. The van der Waals surface area contributed by atoms with Crippen molar-refractivity contribution in [2.75, 3.05) is 19.3 Å². The molecule has 1 saturated heterocycles. The van der Waals surface area contributed by atoms with E-state index in [1.165, 1.54) is 12.0 Å². The molecule has 4 nitrogen and oxygen atoms in total. The molecule has 1 N–H and O–H groups in total. The van der Waals surface area contributed by atoms with E-state index >= 15 is 0 Å². The Hall–Kier alpha value is -1.43. The van der Waals surface area contributed by atoms with E-state index in [9.17, 15) is 5.11 Å². The fourth-order valence-electron chi connectivity index (χ4n) is 4.73. The van der Waals surface area contributed by atoms with E-state index < -0.39 is 5.60 Å². The lowest BCUT2D eigenvalue weighted by Gasteiger charge is -2.41. The minimum absolute atomic E-state index is 0.311. The van der Waals surface area contributed by atoms with Crippen molar-refractivity contribution in [3.05, 3.63) is 53.3 Å². The van der Waals surface area contributed by atoms with Gasteiger partial charge < -0.3 is 5.11 Å². The minimum atomic E-state index is -0.690. The number of likely N-dealkylation sites (tertiary alicyclic amines) is 1. The predicted molar refractivity (Wildman–Crippen MR) is 105 cm³/mol. The van der Waals surface area contributed by atoms with Crippen molar-refractivity contribution >= 4 is 11.8 Å². The molecule has 2 aliphatic rings. The molecule has 4 rings (SSSR count). The van der Waals surface area contributed by atoms with E-state index in [2.05, 4.69) is 46.1 Å². The topological polar surface area (TPSA) is 49.2 Å². The Morgan fingerprint density at radius 3 is 2.62 bits per heavy atom. The number of benzene rings is 1. The van der Waals surface area contributed by atoms with Gasteiger partial charge in [0, 0.05) is 43.5 Å². The second-order valence-electron chi connectivity index (χ2n) is 7.82. The van der Waals surface area contributed by atoms with E-state index in [1.54, 1.807) is 11.8 Å². The van der Waals surface area contributed by atoms with Crippen LogP contribution in [0.5, 0.6) is 0 Å². The lowest BCUT2D eigenvalue weighted by molar-refractivity contribution is -0.0648. The maximum Gasteiger partial charge on any atom is 0.187 e. The van der Waals surface area contributed by atoms with Crippen molar-refractivity contribution in [3.8, 4) is 0 Å². The van der Waals surface area contributed by atoms with Gasteiger partial charge >= 0.3 is 0 Å². The first kappa shape index (κ1) is 18.0. The number of rotatable bonds is 4. The van der Waals surface area contributed by atoms with E-state index in [0.717, 1.165) is 48.8 Å². The molecule has 2 fully saturated rings. The molecule has 3 atom stereocenters. The lowest BCUT2D eigenvalue weighted by atomic mass is 9.67. The van der Waals surface area contributed by atoms with Gasteiger partial charge in [0.1, 0.15) is 0 Å². The van der Waals surface area contributed by atoms with Crippen LogP contribution in [0.25, 0.3) is 0 Å². The number of hydrogen-bond donors (Lipinski definition) is 1. The summed E-state index contributed by atoms with van der Waals surface area (Å²) in [5.74, 6) is 0.881. The smallest absolute Gasteiger partial charge is 0.187 e. The minimum Gasteiger partial charge on any atom is -0.385 e. The zero-order valence-corrected chi connectivity index (χ0v) is 16.4. The summed E-state index contributed by atoms with van der Waals surface area (Å²) in [6, 6.07) is 8.48. The van der Waals surface area contributed by atoms with Crippen LogP contribution in [0.2, 0.25) is 0 Å². The number of aliphatic hydroxyl groups is 1. The van der Waals surface area contributed by atoms with Crippen LogP contribution in [0.1, 0.15) is 36.0 Å². The van der Waals surface area contributed by atoms with E-state index in [-0.39, 0.29) is 0 Å². The van der Waals surface area contributed by atoms with Gasteiger partial charge in [-0.15, -0.1) is 0 Å². The Labute approximate surface area is 160 Å². The van der Waals surface area contributed by atoms with Crippen molar-refractivity contribution in [1.82, 2.24) is 14.9 Å². The van der Waals surface area contributed by atoms with Crippen LogP contribution >= 0.6 is 11.8 Å². The Bertz CT molecular complexity index is 749. The van der Waals surface area contributed by atoms with Gasteiger partial charge in [0.25, 0.3) is 0 Å². The third-order valence-electron chi connectivity index (χ3n) is 6.08. The summed E-state index contributed by atoms with van der Waals surface area (Å²) in [5.41, 5.74) is 2.80. The highest BCUT2D eigenvalue weighted by Gasteiger charge is 2.49. The summed E-state index contributed by atoms with van der Waals surface area (Å²) in [6.45, 7) is 4.97. The van der Waals surface area contributed by atoms with Crippen LogP contribution < -0.4 is 0 Å². The molecule has 2 aromatic rings. The molecule has 1 saturated carbocycles. The second-order valence-corrected chi connectivity index (χ2v) is 8.59. The van der Waals surface area contributed by atoms with Gasteiger partial charge in [-0.1, -0.05) is 41.6 Å². The molecule has 1 aliphatic heterocycles. The number of nitrogens with zero attached hydrogens (tertiary/aromatic N) is 3. The molecule has 0 bridgehead atoms. The average Bonchev–Trinajstić information content (AvgIpc) is 3.07. The molecule has 1 aromatic carbocycles. The number of hydrogen-bond acceptors (Lipinski definition) is 5. The predicted octanol–water partition coefficient (Wildman–Crippen LogP) is 3.63. The number of aromatic nitrogens is 2. The van der Waals surface area contributed by atoms with Gasteiger partial charge in [0.15, 0.2) is 5.16 Å². The van der Waals surface area contributed by atoms with E-state index in [0.29, 0.717) is 11.8 Å². The van der Waals surface area contributed by atoms with Gasteiger partial charge in [-0.05, 0) is 43.9 Å². The highest BCUT2D eigenvalue weighted by molar-refractivity contribution is 7.98. The van der Waals surface area contributed by atoms with Gasteiger partial charge in [-0.2, -0.15) is 0 Å². The number of fused-ring (bicyclic) bond motifs is 1. The zero-order chi connectivity index (χ0) is 18.1. The van der Waals surface area contributed by atoms with Crippen molar-refractivity contribution in [3.63, 3.8) is 0 Å². The molecule has 5 heteroatoms. The van der Waals surface area contributed by atoms with Crippen LogP contribution in [0.3, 0.4) is 0 Å². The first-order chi connectivity index (χ1) is 12.6. The normalized spacial score (nSPS) is 28.9. The van der Waals surface area contributed by atoms with Crippen molar-refractivity contribution in [2.24, 2.45) is 11.8 Å².